The van der Waals surface area contributed by atoms with Crippen molar-refractivity contribution in [1.29, 1.82) is 0 Å². The second-order valence-corrected chi connectivity index (χ2v) is 7.17. The quantitative estimate of drug-likeness (QED) is 0.668. The van der Waals surface area contributed by atoms with Crippen molar-refractivity contribution in [1.82, 2.24) is 9.80 Å². The first kappa shape index (κ1) is 19.5. The largest absolute Gasteiger partial charge is 0.465 e. The number of alkyl halides is 2. The predicted octanol–water partition coefficient (Wildman–Crippen LogP) is 1.32. The first-order chi connectivity index (χ1) is 12.6. The van der Waals surface area contributed by atoms with Gasteiger partial charge in [0.15, 0.2) is 0 Å². The van der Waals surface area contributed by atoms with Crippen LogP contribution in [0, 0.1) is 5.92 Å². The van der Waals surface area contributed by atoms with Crippen molar-refractivity contribution < 1.29 is 33.7 Å². The molecule has 3 N–H and O–H groups in total. The van der Waals surface area contributed by atoms with E-state index in [-0.39, 0.29) is 26.1 Å². The van der Waals surface area contributed by atoms with Crippen molar-refractivity contribution in [2.75, 3.05) is 26.2 Å². The second-order valence-electron chi connectivity index (χ2n) is 7.17. The minimum atomic E-state index is -3.83. The molecule has 2 amide bonds. The van der Waals surface area contributed by atoms with E-state index in [2.05, 4.69) is 0 Å². The third-order valence-corrected chi connectivity index (χ3v) is 5.45. The second kappa shape index (κ2) is 7.05. The van der Waals surface area contributed by atoms with Crippen LogP contribution in [0.4, 0.5) is 13.6 Å². The van der Waals surface area contributed by atoms with Crippen LogP contribution < -0.4 is 0 Å². The molecule has 7 nitrogen and oxygen atoms in total. The van der Waals surface area contributed by atoms with Gasteiger partial charge in [0.1, 0.15) is 0 Å². The molecule has 0 spiro atoms. The van der Waals surface area contributed by atoms with E-state index in [1.165, 1.54) is 4.90 Å². The minimum Gasteiger partial charge on any atom is -0.465 e. The number of hydrogen-bond donors (Lipinski definition) is 3. The number of aliphatic hydroxyl groups is 2. The Hall–Kier alpha value is -2.26. The molecule has 148 valence electrons. The normalized spacial score (nSPS) is 27.3. The zero-order chi connectivity index (χ0) is 19.8. The maximum Gasteiger partial charge on any atom is 0.407 e. The van der Waals surface area contributed by atoms with Gasteiger partial charge in [-0.2, -0.15) is 8.78 Å². The Kier molecular flexibility index (Phi) is 5.09. The van der Waals surface area contributed by atoms with E-state index in [1.54, 1.807) is 30.3 Å². The summed E-state index contributed by atoms with van der Waals surface area (Å²) in [6, 6.07) is 8.92. The number of likely N-dealkylation sites (tertiary alicyclic amines) is 2. The van der Waals surface area contributed by atoms with Crippen LogP contribution >= 0.6 is 0 Å². The van der Waals surface area contributed by atoms with E-state index in [0.29, 0.717) is 0 Å². The molecule has 0 unspecified atom stereocenters. The standard InChI is InChI=1S/C18H22F2N2O5/c19-17(20)11-22(9-7-18(17,26)27)15(23)13-6-8-21(16(24)25)10-14(13)12-4-2-1-3-5-12/h1-5,13-14,26-27H,6-11H2,(H,24,25)/t13-,14+/m1/s1. The summed E-state index contributed by atoms with van der Waals surface area (Å²) in [6.07, 6.45) is -1.51. The van der Waals surface area contributed by atoms with Crippen LogP contribution in [0.5, 0.6) is 0 Å². The molecule has 2 aliphatic heterocycles. The van der Waals surface area contributed by atoms with Gasteiger partial charge in [-0.1, -0.05) is 30.3 Å². The molecular formula is C18H22F2N2O5. The maximum atomic E-state index is 14.0. The highest BCUT2D eigenvalue weighted by Crippen LogP contribution is 2.38. The van der Waals surface area contributed by atoms with Crippen molar-refractivity contribution in [3.63, 3.8) is 0 Å². The number of halogens is 2. The van der Waals surface area contributed by atoms with Gasteiger partial charge in [0.05, 0.1) is 6.54 Å². The summed E-state index contributed by atoms with van der Waals surface area (Å²) in [5.74, 6) is -8.57. The number of benzene rings is 1. The van der Waals surface area contributed by atoms with Gasteiger partial charge in [-0.15, -0.1) is 0 Å². The van der Waals surface area contributed by atoms with Gasteiger partial charge in [-0.25, -0.2) is 4.79 Å². The molecule has 2 atom stereocenters. The number of nitrogens with zero attached hydrogens (tertiary/aromatic N) is 2. The average Bonchev–Trinajstić information content (AvgIpc) is 2.63. The van der Waals surface area contributed by atoms with Crippen LogP contribution in [0.2, 0.25) is 0 Å². The Morgan fingerprint density at radius 1 is 1.07 bits per heavy atom. The first-order valence-corrected chi connectivity index (χ1v) is 8.76. The van der Waals surface area contributed by atoms with Crippen molar-refractivity contribution >= 4 is 12.0 Å². The van der Waals surface area contributed by atoms with Gasteiger partial charge in [-0.3, -0.25) is 4.79 Å². The van der Waals surface area contributed by atoms with Gasteiger partial charge in [0.25, 0.3) is 0 Å². The van der Waals surface area contributed by atoms with Crippen molar-refractivity contribution in [2.24, 2.45) is 5.92 Å². The molecule has 9 heteroatoms. The lowest BCUT2D eigenvalue weighted by atomic mass is 9.79. The van der Waals surface area contributed by atoms with E-state index in [4.69, 9.17) is 0 Å². The summed E-state index contributed by atoms with van der Waals surface area (Å²) in [5, 5.41) is 28.1. The Labute approximate surface area is 154 Å². The Balaban J connectivity index is 1.83. The highest BCUT2D eigenvalue weighted by molar-refractivity contribution is 5.81. The number of hydrogen-bond acceptors (Lipinski definition) is 4. The molecule has 2 heterocycles. The third-order valence-electron chi connectivity index (χ3n) is 5.45. The summed E-state index contributed by atoms with van der Waals surface area (Å²) in [6.45, 7) is -1.02. The number of piperidine rings is 2. The van der Waals surface area contributed by atoms with Gasteiger partial charge in [0.2, 0.25) is 11.7 Å². The van der Waals surface area contributed by atoms with E-state index in [9.17, 15) is 33.7 Å². The Morgan fingerprint density at radius 2 is 1.74 bits per heavy atom. The van der Waals surface area contributed by atoms with Crippen LogP contribution in [0.25, 0.3) is 0 Å². The number of carbonyl (C=O) groups is 2. The Morgan fingerprint density at radius 3 is 2.33 bits per heavy atom. The lowest BCUT2D eigenvalue weighted by molar-refractivity contribution is -0.315. The minimum absolute atomic E-state index is 0.101. The maximum absolute atomic E-state index is 14.0. The fourth-order valence-electron chi connectivity index (χ4n) is 3.80. The van der Waals surface area contributed by atoms with Gasteiger partial charge in [-0.05, 0) is 12.0 Å². The van der Waals surface area contributed by atoms with Gasteiger partial charge in [0, 0.05) is 37.9 Å². The molecular weight excluding hydrogens is 362 g/mol. The summed E-state index contributed by atoms with van der Waals surface area (Å²) >= 11 is 0. The van der Waals surface area contributed by atoms with Gasteiger partial charge < -0.3 is 25.1 Å². The molecule has 2 saturated heterocycles. The van der Waals surface area contributed by atoms with E-state index in [1.807, 2.05) is 0 Å². The van der Waals surface area contributed by atoms with Crippen molar-refractivity contribution in [3.8, 4) is 0 Å². The summed E-state index contributed by atoms with van der Waals surface area (Å²) in [4.78, 5) is 26.5. The molecule has 2 aliphatic rings. The topological polar surface area (TPSA) is 101 Å². The molecule has 1 aromatic carbocycles. The SMILES string of the molecule is O=C(O)N1CC[C@@H](C(=O)N2CCC(O)(O)C(F)(F)C2)[C@H](c2ccccc2)C1. The van der Waals surface area contributed by atoms with Gasteiger partial charge >= 0.3 is 12.0 Å². The smallest absolute Gasteiger partial charge is 0.407 e. The number of rotatable bonds is 2. The fraction of sp³-hybridized carbons (Fsp3) is 0.556. The Bertz CT molecular complexity index is 713. The lowest BCUT2D eigenvalue weighted by Crippen LogP contribution is -2.62. The van der Waals surface area contributed by atoms with Crippen LogP contribution in [-0.4, -0.2) is 75.0 Å². The lowest BCUT2D eigenvalue weighted by Gasteiger charge is -2.44. The number of carboxylic acid groups (broad SMARTS) is 1. The van der Waals surface area contributed by atoms with E-state index in [0.717, 1.165) is 10.5 Å². The van der Waals surface area contributed by atoms with Crippen LogP contribution in [-0.2, 0) is 4.79 Å². The van der Waals surface area contributed by atoms with E-state index >= 15 is 0 Å². The molecule has 0 bridgehead atoms. The first-order valence-electron chi connectivity index (χ1n) is 8.76. The monoisotopic (exact) mass is 384 g/mol. The molecule has 2 fully saturated rings. The van der Waals surface area contributed by atoms with Crippen molar-refractivity contribution in [3.05, 3.63) is 35.9 Å². The van der Waals surface area contributed by atoms with Crippen LogP contribution in [0.15, 0.2) is 30.3 Å². The number of carbonyl (C=O) groups excluding carboxylic acids is 1. The highest BCUT2D eigenvalue weighted by atomic mass is 19.3. The van der Waals surface area contributed by atoms with E-state index < -0.39 is 48.5 Å². The molecule has 0 aromatic heterocycles. The summed E-state index contributed by atoms with van der Waals surface area (Å²) < 4.78 is 27.9. The van der Waals surface area contributed by atoms with Crippen LogP contribution in [0.3, 0.4) is 0 Å². The summed E-state index contributed by atoms with van der Waals surface area (Å²) in [7, 11) is 0. The molecule has 0 saturated carbocycles. The molecule has 3 rings (SSSR count). The van der Waals surface area contributed by atoms with Crippen molar-refractivity contribution in [2.45, 2.75) is 30.5 Å². The summed E-state index contributed by atoms with van der Waals surface area (Å²) in [5.41, 5.74) is 0.768. The average molecular weight is 384 g/mol. The fourth-order valence-corrected chi connectivity index (χ4v) is 3.80. The zero-order valence-electron chi connectivity index (χ0n) is 14.6. The zero-order valence-corrected chi connectivity index (χ0v) is 14.6. The molecule has 0 aliphatic carbocycles. The third kappa shape index (κ3) is 3.74. The molecule has 1 aromatic rings. The molecule has 27 heavy (non-hydrogen) atoms. The highest BCUT2D eigenvalue weighted by Gasteiger charge is 2.56. The predicted molar refractivity (Wildman–Crippen MR) is 90.2 cm³/mol. The van der Waals surface area contributed by atoms with Crippen LogP contribution in [0.1, 0.15) is 24.3 Å². The molecule has 0 radical (unpaired) electrons. The number of amides is 2.